The van der Waals surface area contributed by atoms with E-state index in [1.165, 1.54) is 12.8 Å². The van der Waals surface area contributed by atoms with E-state index in [1.54, 1.807) is 0 Å². The van der Waals surface area contributed by atoms with Gasteiger partial charge in [-0.25, -0.2) is 9.59 Å². The van der Waals surface area contributed by atoms with Gasteiger partial charge in [-0.05, 0) is 25.7 Å². The molecule has 1 aliphatic carbocycles. The van der Waals surface area contributed by atoms with E-state index in [9.17, 15) is 14.4 Å². The van der Waals surface area contributed by atoms with Crippen LogP contribution in [0.4, 0.5) is 4.79 Å². The topological polar surface area (TPSA) is 125 Å². The average molecular weight is 298 g/mol. The number of nitrogens with zero attached hydrogens (tertiary/aromatic N) is 1. The maximum Gasteiger partial charge on any atom is 0.326 e. The molecule has 1 aliphatic heterocycles. The number of hydrogen-bond donors (Lipinski definition) is 4. The summed E-state index contributed by atoms with van der Waals surface area (Å²) in [5, 5.41) is 14.2. The van der Waals surface area contributed by atoms with Crippen LogP contribution >= 0.6 is 0 Å². The molecule has 8 nitrogen and oxygen atoms in total. The summed E-state index contributed by atoms with van der Waals surface area (Å²) in [6.07, 6.45) is 3.26. The predicted molar refractivity (Wildman–Crippen MR) is 74.5 cm³/mol. The number of carbonyl (C=O) groups excluding carboxylic acids is 2. The van der Waals surface area contributed by atoms with Crippen molar-refractivity contribution in [2.45, 2.75) is 50.2 Å². The summed E-state index contributed by atoms with van der Waals surface area (Å²) in [5.74, 6) is -1.75. The Morgan fingerprint density at radius 2 is 2.00 bits per heavy atom. The van der Waals surface area contributed by atoms with Crippen LogP contribution < -0.4 is 16.4 Å². The zero-order valence-corrected chi connectivity index (χ0v) is 11.9. The third-order valence-corrected chi connectivity index (χ3v) is 3.90. The van der Waals surface area contributed by atoms with Crippen molar-refractivity contribution in [3.63, 3.8) is 0 Å². The number of amides is 3. The first-order valence-corrected chi connectivity index (χ1v) is 7.28. The Kier molecular flexibility index (Phi) is 5.00. The molecule has 5 N–H and O–H groups in total. The fourth-order valence-electron chi connectivity index (χ4n) is 2.61. The molecular formula is C13H22N4O4. The number of nitrogens with one attached hydrogen (secondary N) is 2. The van der Waals surface area contributed by atoms with Crippen LogP contribution in [0, 0.1) is 0 Å². The quantitative estimate of drug-likeness (QED) is 0.492. The summed E-state index contributed by atoms with van der Waals surface area (Å²) in [5.41, 5.74) is 4.99. The van der Waals surface area contributed by atoms with Crippen LogP contribution in [-0.4, -0.2) is 59.1 Å². The zero-order valence-electron chi connectivity index (χ0n) is 11.9. The van der Waals surface area contributed by atoms with Crippen molar-refractivity contribution in [1.82, 2.24) is 15.5 Å². The molecule has 1 saturated heterocycles. The minimum atomic E-state index is -1.17. The van der Waals surface area contributed by atoms with Crippen molar-refractivity contribution in [2.75, 3.05) is 13.1 Å². The molecule has 0 aromatic carbocycles. The number of hydrogen-bond acceptors (Lipinski definition) is 4. The minimum Gasteiger partial charge on any atom is -0.480 e. The molecule has 0 spiro atoms. The molecule has 1 heterocycles. The minimum absolute atomic E-state index is 0.00302. The molecule has 0 radical (unpaired) electrons. The highest BCUT2D eigenvalue weighted by molar-refractivity contribution is 5.83. The van der Waals surface area contributed by atoms with E-state index in [0.717, 1.165) is 19.5 Å². The highest BCUT2D eigenvalue weighted by atomic mass is 16.4. The van der Waals surface area contributed by atoms with Crippen LogP contribution in [0.15, 0.2) is 0 Å². The van der Waals surface area contributed by atoms with Crippen molar-refractivity contribution >= 4 is 17.9 Å². The highest BCUT2D eigenvalue weighted by Gasteiger charge is 2.35. The molecule has 2 unspecified atom stereocenters. The number of nitrogens with two attached hydrogens (primary N) is 1. The Hall–Kier alpha value is -1.83. The van der Waals surface area contributed by atoms with Crippen LogP contribution in [0.3, 0.4) is 0 Å². The lowest BCUT2D eigenvalue weighted by Crippen LogP contribution is -2.49. The Balaban J connectivity index is 1.73. The SMILES string of the molecule is NC(=O)CCC(NC(=O)NC1CCN(C2CC2)C1)C(=O)O. The van der Waals surface area contributed by atoms with Crippen molar-refractivity contribution < 1.29 is 19.5 Å². The maximum absolute atomic E-state index is 11.8. The van der Waals surface area contributed by atoms with Gasteiger partial charge >= 0.3 is 12.0 Å². The van der Waals surface area contributed by atoms with E-state index in [1.807, 2.05) is 0 Å². The summed E-state index contributed by atoms with van der Waals surface area (Å²) in [6.45, 7) is 1.79. The number of urea groups is 1. The molecule has 2 rings (SSSR count). The third-order valence-electron chi connectivity index (χ3n) is 3.90. The van der Waals surface area contributed by atoms with Crippen LogP contribution in [0.5, 0.6) is 0 Å². The molecule has 118 valence electrons. The fourth-order valence-corrected chi connectivity index (χ4v) is 2.61. The summed E-state index contributed by atoms with van der Waals surface area (Å²) in [7, 11) is 0. The second-order valence-corrected chi connectivity index (χ2v) is 5.73. The number of carboxylic acid groups (broad SMARTS) is 1. The standard InChI is InChI=1S/C13H22N4O4/c14-11(18)4-3-10(12(19)20)16-13(21)15-8-5-6-17(7-8)9-1-2-9/h8-10H,1-7H2,(H2,14,18)(H,19,20)(H2,15,16,21). The molecule has 3 amide bonds. The van der Waals surface area contributed by atoms with Crippen LogP contribution in [-0.2, 0) is 9.59 Å². The van der Waals surface area contributed by atoms with Crippen molar-refractivity contribution in [3.05, 3.63) is 0 Å². The van der Waals surface area contributed by atoms with Gasteiger partial charge in [0.15, 0.2) is 0 Å². The lowest BCUT2D eigenvalue weighted by atomic mass is 10.1. The van der Waals surface area contributed by atoms with E-state index in [4.69, 9.17) is 10.8 Å². The van der Waals surface area contributed by atoms with Crippen molar-refractivity contribution in [3.8, 4) is 0 Å². The van der Waals surface area contributed by atoms with Crippen molar-refractivity contribution in [1.29, 1.82) is 0 Å². The lowest BCUT2D eigenvalue weighted by Gasteiger charge is -2.18. The number of rotatable bonds is 7. The Bertz CT molecular complexity index is 424. The maximum atomic E-state index is 11.8. The van der Waals surface area contributed by atoms with Gasteiger partial charge in [0.2, 0.25) is 5.91 Å². The number of carboxylic acids is 1. The summed E-state index contributed by atoms with van der Waals surface area (Å²) >= 11 is 0. The monoisotopic (exact) mass is 298 g/mol. The van der Waals surface area contributed by atoms with E-state index in [-0.39, 0.29) is 18.9 Å². The van der Waals surface area contributed by atoms with Crippen LogP contribution in [0.2, 0.25) is 0 Å². The van der Waals surface area contributed by atoms with Gasteiger partial charge < -0.3 is 21.5 Å². The molecule has 8 heteroatoms. The molecule has 21 heavy (non-hydrogen) atoms. The number of primary amides is 1. The van der Waals surface area contributed by atoms with Crippen LogP contribution in [0.1, 0.15) is 32.1 Å². The number of carbonyl (C=O) groups is 3. The van der Waals surface area contributed by atoms with Crippen LogP contribution in [0.25, 0.3) is 0 Å². The highest BCUT2D eigenvalue weighted by Crippen LogP contribution is 2.29. The Morgan fingerprint density at radius 3 is 2.57 bits per heavy atom. The second-order valence-electron chi connectivity index (χ2n) is 5.73. The molecule has 2 atom stereocenters. The molecule has 1 saturated carbocycles. The summed E-state index contributed by atoms with van der Waals surface area (Å²) < 4.78 is 0. The van der Waals surface area contributed by atoms with Gasteiger partial charge in [0, 0.05) is 31.6 Å². The first kappa shape index (κ1) is 15.6. The largest absolute Gasteiger partial charge is 0.480 e. The smallest absolute Gasteiger partial charge is 0.326 e. The summed E-state index contributed by atoms with van der Waals surface area (Å²) in [6, 6.07) is -0.883. The first-order valence-electron chi connectivity index (χ1n) is 7.28. The molecule has 2 aliphatic rings. The van der Waals surface area contributed by atoms with Gasteiger partial charge in [-0.15, -0.1) is 0 Å². The van der Waals surface area contributed by atoms with E-state index < -0.39 is 23.9 Å². The normalized spacial score (nSPS) is 23.5. The molecule has 0 aromatic heterocycles. The predicted octanol–water partition coefficient (Wildman–Crippen LogP) is -0.759. The van der Waals surface area contributed by atoms with Gasteiger partial charge in [0.05, 0.1) is 0 Å². The first-order chi connectivity index (χ1) is 9.95. The van der Waals surface area contributed by atoms with E-state index >= 15 is 0 Å². The lowest BCUT2D eigenvalue weighted by molar-refractivity contribution is -0.139. The molecule has 2 fully saturated rings. The van der Waals surface area contributed by atoms with E-state index in [2.05, 4.69) is 15.5 Å². The molecule has 0 bridgehead atoms. The summed E-state index contributed by atoms with van der Waals surface area (Å²) in [4.78, 5) is 35.9. The van der Waals surface area contributed by atoms with Crippen molar-refractivity contribution in [2.24, 2.45) is 5.73 Å². The van der Waals surface area contributed by atoms with Gasteiger partial charge in [-0.2, -0.15) is 0 Å². The van der Waals surface area contributed by atoms with Gasteiger partial charge in [-0.3, -0.25) is 9.69 Å². The fraction of sp³-hybridized carbons (Fsp3) is 0.769. The second kappa shape index (κ2) is 6.75. The van der Waals surface area contributed by atoms with Gasteiger partial charge in [-0.1, -0.05) is 0 Å². The van der Waals surface area contributed by atoms with Gasteiger partial charge in [0.25, 0.3) is 0 Å². The molecular weight excluding hydrogens is 276 g/mol. The van der Waals surface area contributed by atoms with E-state index in [0.29, 0.717) is 6.04 Å². The number of aliphatic carboxylic acids is 1. The average Bonchev–Trinajstić information content (AvgIpc) is 3.15. The molecule has 0 aromatic rings. The third kappa shape index (κ3) is 4.89. The number of likely N-dealkylation sites (tertiary alicyclic amines) is 1. The Labute approximate surface area is 123 Å². The van der Waals surface area contributed by atoms with Gasteiger partial charge in [0.1, 0.15) is 6.04 Å². The Morgan fingerprint density at radius 1 is 1.29 bits per heavy atom. The zero-order chi connectivity index (χ0) is 15.4.